The number of aliphatic carboxylic acids is 2. The Morgan fingerprint density at radius 3 is 1.27 bits per heavy atom. The molecule has 6 aromatic carbocycles. The molecule has 86 heavy (non-hydrogen) atoms. The van der Waals surface area contributed by atoms with Crippen molar-refractivity contribution in [2.24, 2.45) is 0 Å². The van der Waals surface area contributed by atoms with Gasteiger partial charge in [-0.05, 0) is 126 Å². The predicted octanol–water partition coefficient (Wildman–Crippen LogP) is 7.25. The monoisotopic (exact) mass is 1220 g/mol. The molecule has 1 unspecified atom stereocenters. The van der Waals surface area contributed by atoms with E-state index in [2.05, 4.69) is 15.7 Å². The molecule has 5 atom stereocenters. The molecule has 0 radical (unpaired) electrons. The van der Waals surface area contributed by atoms with E-state index in [9.17, 15) is 58.6 Å². The summed E-state index contributed by atoms with van der Waals surface area (Å²) in [5.41, 5.74) is 7.91. The van der Waals surface area contributed by atoms with Crippen LogP contribution in [0.2, 0.25) is 0 Å². The van der Waals surface area contributed by atoms with Crippen LogP contribution in [-0.2, 0) is 22.7 Å². The maximum atomic E-state index is 14.2. The molecule has 2 amide bonds. The van der Waals surface area contributed by atoms with Gasteiger partial charge in [-0.2, -0.15) is 0 Å². The van der Waals surface area contributed by atoms with Crippen LogP contribution in [0.5, 0.6) is 0 Å². The summed E-state index contributed by atoms with van der Waals surface area (Å²) in [6.45, 7) is 7.59. The third kappa shape index (κ3) is 19.3. The van der Waals surface area contributed by atoms with E-state index in [0.29, 0.717) is 61.8 Å². The molecule has 0 aliphatic heterocycles. The fourth-order valence-electron chi connectivity index (χ4n) is 10.1. The van der Waals surface area contributed by atoms with Gasteiger partial charge in [-0.25, -0.2) is 8.78 Å². The summed E-state index contributed by atoms with van der Waals surface area (Å²) in [4.78, 5) is 50.5. The minimum atomic E-state index is -3.90. The van der Waals surface area contributed by atoms with Crippen LogP contribution >= 0.6 is 0 Å². The Hall–Kier alpha value is -5.32. The first-order valence-corrected chi connectivity index (χ1v) is 26.9. The molecule has 8 rings (SSSR count). The van der Waals surface area contributed by atoms with Gasteiger partial charge in [0.15, 0.2) is 0 Å². The SMILES string of the molecule is CC(C)c1c(C(=O)Nc2ccccc2)c(-c2ccccc2)c(-c2ccc(F)cc2)n1CC[C@@H](O)C[C@@H](O)CC(=O)[O-].[2H]O[C@@]([2H])(C([2H])([2H])C(=O)[O-])C([2H])(O)[C@H](O)CCn1c(-c2ccc(F)cc2)c(-c2ccccc2)c(C(=O)Nc2ccccc2)c1C(C)C.[Ca+2].[NaH].[NaH]. The average molecular weight is 1220 g/mol. The van der Waals surface area contributed by atoms with E-state index in [1.165, 1.54) is 36.4 Å². The topological polar surface area (TPSA) is 249 Å². The second-order valence-corrected chi connectivity index (χ2v) is 20.3. The van der Waals surface area contributed by atoms with Crippen LogP contribution in [0.4, 0.5) is 20.2 Å². The van der Waals surface area contributed by atoms with E-state index in [1.807, 2.05) is 80.8 Å². The zero-order valence-electron chi connectivity index (χ0n) is 51.8. The third-order valence-corrected chi connectivity index (χ3v) is 13.6. The number of carbonyl (C=O) groups is 4. The standard InChI is InChI=1S/C33H35FN2O6.C33H35FN2O5.Ca.2Na.2H/c1-20(2)30-29(33(42)35-24-11-7-4-8-12-24)28(21-9-5-3-6-10-21)31(22-13-15-23(34)16-14-22)36(30)18-17-25(37)32(41)26(38)19-27(39)40;1-21(2)31-30(33(41)35-25-11-7-4-8-12-25)29(22-9-5-3-6-10-22)32(23-13-15-24(34)16-14-23)36(31)18-17-26(37)19-27(38)20-28(39)40;;;;;/h3-16,20,25-26,32,37-38,41H,17-19H2,1-2H3,(H,35,42)(H,39,40);3-16,21,26-27,37-38H,17-20H2,1-2H3,(H,35,41)(H,39,40);;;;;/q;;+2;;;;/p-2/t25-,26+,32?;26-,27-;;;;;/m11...../s1/i19D2,26D,32D,38D;;;;;;. The number of rotatable bonds is 25. The number of carboxylic acid groups (broad SMARTS) is 2. The van der Waals surface area contributed by atoms with Gasteiger partial charge in [0.05, 0.1) is 49.6 Å². The van der Waals surface area contributed by atoms with Crippen LogP contribution < -0.4 is 20.8 Å². The number of hydrogen-bond acceptors (Lipinski definition) is 11. The molecule has 20 heteroatoms. The number of nitrogens with zero attached hydrogens (tertiary/aromatic N) is 2. The number of para-hydroxylation sites is 2. The van der Waals surface area contributed by atoms with Crippen LogP contribution in [-0.4, -0.2) is 187 Å². The molecule has 7 N–H and O–H groups in total. The Balaban J connectivity index is 0.000000379. The summed E-state index contributed by atoms with van der Waals surface area (Å²) in [5, 5.41) is 74.9. The fourth-order valence-corrected chi connectivity index (χ4v) is 10.1. The minimum absolute atomic E-state index is 0. The number of carboxylic acids is 2. The number of hydrogen-bond donors (Lipinski definition) is 7. The Morgan fingerprint density at radius 2 is 0.919 bits per heavy atom. The fraction of sp³-hybridized carbons (Fsp3) is 0.273. The van der Waals surface area contributed by atoms with Gasteiger partial charge in [-0.1, -0.05) is 125 Å². The van der Waals surface area contributed by atoms with Gasteiger partial charge in [0, 0.05) is 74.5 Å². The molecule has 0 bridgehead atoms. The van der Waals surface area contributed by atoms with Crippen LogP contribution in [0.25, 0.3) is 44.8 Å². The molecule has 2 aromatic heterocycles. The van der Waals surface area contributed by atoms with Crippen LogP contribution in [0.3, 0.4) is 0 Å². The number of aliphatic hydroxyl groups is 5. The van der Waals surface area contributed by atoms with Crippen molar-refractivity contribution < 1.29 is 69.2 Å². The van der Waals surface area contributed by atoms with Crippen LogP contribution in [0.1, 0.15) is 109 Å². The zero-order chi connectivity index (χ0) is 64.3. The Bertz CT molecular complexity index is 3690. The zero-order valence-corrected chi connectivity index (χ0v) is 49.0. The van der Waals surface area contributed by atoms with Crippen molar-refractivity contribution in [3.8, 4) is 44.8 Å². The summed E-state index contributed by atoms with van der Waals surface area (Å²) in [6, 6.07) is 47.8. The van der Waals surface area contributed by atoms with Crippen molar-refractivity contribution in [3.63, 3.8) is 0 Å². The number of benzene rings is 6. The van der Waals surface area contributed by atoms with E-state index < -0.39 is 79.2 Å². The second kappa shape index (κ2) is 35.0. The Morgan fingerprint density at radius 1 is 0.547 bits per heavy atom. The Labute approximate surface area is 580 Å². The summed E-state index contributed by atoms with van der Waals surface area (Å²) in [7, 11) is 0. The quantitative estimate of drug-likeness (QED) is 0.0281. The van der Waals surface area contributed by atoms with Crippen LogP contribution in [0, 0.1) is 11.6 Å². The van der Waals surface area contributed by atoms with Gasteiger partial charge in [0.25, 0.3) is 11.8 Å². The number of carbonyl (C=O) groups excluding carboxylic acids is 4. The number of anilines is 2. The molecule has 0 saturated carbocycles. The van der Waals surface area contributed by atoms with Gasteiger partial charge in [-0.15, -0.1) is 0 Å². The van der Waals surface area contributed by atoms with E-state index in [4.69, 9.17) is 6.91 Å². The summed E-state index contributed by atoms with van der Waals surface area (Å²) in [5.74, 6) is -6.10. The number of halogens is 2. The average Bonchev–Trinajstić information content (AvgIpc) is 1.71. The second-order valence-electron chi connectivity index (χ2n) is 20.3. The number of amides is 2. The van der Waals surface area contributed by atoms with E-state index >= 15 is 0 Å². The molecule has 2 heterocycles. The van der Waals surface area contributed by atoms with Crippen LogP contribution in [0.15, 0.2) is 170 Å². The number of nitrogens with one attached hydrogen (secondary N) is 2. The van der Waals surface area contributed by atoms with Crippen molar-refractivity contribution in [2.45, 2.75) is 115 Å². The van der Waals surface area contributed by atoms with Crippen molar-refractivity contribution in [2.75, 3.05) is 10.6 Å². The molecule has 0 fully saturated rings. The van der Waals surface area contributed by atoms with Crippen molar-refractivity contribution in [1.29, 1.82) is 1.43 Å². The normalized spacial score (nSPS) is 14.4. The maximum absolute atomic E-state index is 14.2. The van der Waals surface area contributed by atoms with Gasteiger partial charge in [-0.3, -0.25) is 9.59 Å². The van der Waals surface area contributed by atoms with E-state index in [1.54, 1.807) is 89.5 Å². The van der Waals surface area contributed by atoms with E-state index in [-0.39, 0.29) is 146 Å². The number of aliphatic hydroxyl groups excluding tert-OH is 3. The van der Waals surface area contributed by atoms with E-state index in [0.717, 1.165) is 11.3 Å². The van der Waals surface area contributed by atoms with Gasteiger partial charge >= 0.3 is 96.9 Å². The molecule has 15 nitrogen and oxygen atoms in total. The molecule has 8 aromatic rings. The van der Waals surface area contributed by atoms with Crippen molar-refractivity contribution in [3.05, 3.63) is 204 Å². The molecular weight excluding hydrogens is 1150 g/mol. The molecule has 0 saturated heterocycles. The van der Waals surface area contributed by atoms with Gasteiger partial charge in [0.1, 0.15) is 17.7 Å². The molecular formula is C66H70CaF2N4Na2O11. The first kappa shape index (κ1) is 65.1. The Kier molecular flexibility index (Phi) is 26.5. The third-order valence-electron chi connectivity index (χ3n) is 13.6. The molecule has 0 spiro atoms. The summed E-state index contributed by atoms with van der Waals surface area (Å²) >= 11 is 0. The molecule has 0 aliphatic rings. The number of aromatic nitrogens is 2. The van der Waals surface area contributed by atoms with Crippen molar-refractivity contribution >= 4 is 132 Å². The molecule has 438 valence electrons. The van der Waals surface area contributed by atoms with Crippen molar-refractivity contribution in [1.82, 2.24) is 9.13 Å². The molecule has 0 aliphatic carbocycles. The first-order valence-electron chi connectivity index (χ1n) is 29.3. The van der Waals surface area contributed by atoms with Gasteiger partial charge in [0.2, 0.25) is 1.43 Å². The summed E-state index contributed by atoms with van der Waals surface area (Å²) < 4.78 is 70.8. The summed E-state index contributed by atoms with van der Waals surface area (Å²) in [6.07, 6.45) is -17.2. The predicted molar refractivity (Wildman–Crippen MR) is 331 cm³/mol. The van der Waals surface area contributed by atoms with Gasteiger partial charge < -0.3 is 65.1 Å². The first-order chi connectivity index (χ1) is 41.7.